The lowest BCUT2D eigenvalue weighted by Gasteiger charge is -2.08. The van der Waals surface area contributed by atoms with Crippen molar-refractivity contribution in [2.24, 2.45) is 11.1 Å². The van der Waals surface area contributed by atoms with Crippen molar-refractivity contribution < 1.29 is 0 Å². The van der Waals surface area contributed by atoms with Crippen LogP contribution >= 0.6 is 0 Å². The maximum atomic E-state index is 8.26. The Balaban J connectivity index is 0. The molecule has 2 nitrogen and oxygen atoms in total. The van der Waals surface area contributed by atoms with Crippen LogP contribution in [0.5, 0.6) is 0 Å². The first-order valence-corrected chi connectivity index (χ1v) is 3.24. The van der Waals surface area contributed by atoms with Crippen molar-refractivity contribution in [3.05, 3.63) is 0 Å². The van der Waals surface area contributed by atoms with E-state index in [2.05, 4.69) is 6.07 Å². The molecular formula is C7H16N2. The highest BCUT2D eigenvalue weighted by Gasteiger charge is 2.11. The second-order valence-corrected chi connectivity index (χ2v) is 2.20. The third-order valence-electron chi connectivity index (χ3n) is 0.813. The minimum atomic E-state index is -0.333. The van der Waals surface area contributed by atoms with Crippen molar-refractivity contribution in [3.63, 3.8) is 0 Å². The second-order valence-electron chi connectivity index (χ2n) is 2.20. The van der Waals surface area contributed by atoms with Gasteiger partial charge in [0.1, 0.15) is 0 Å². The summed E-state index contributed by atoms with van der Waals surface area (Å²) in [4.78, 5) is 0. The summed E-state index contributed by atoms with van der Waals surface area (Å²) in [6, 6.07) is 2.07. The van der Waals surface area contributed by atoms with Gasteiger partial charge in [0.2, 0.25) is 0 Å². The largest absolute Gasteiger partial charge is 0.329 e. The normalized spacial score (nSPS) is 8.89. The fourth-order valence-corrected chi connectivity index (χ4v) is 0.0456. The van der Waals surface area contributed by atoms with Gasteiger partial charge in [-0.1, -0.05) is 13.8 Å². The van der Waals surface area contributed by atoms with Gasteiger partial charge >= 0.3 is 0 Å². The van der Waals surface area contributed by atoms with E-state index in [-0.39, 0.29) is 5.41 Å². The summed E-state index contributed by atoms with van der Waals surface area (Å²) in [5.41, 5.74) is 4.86. The highest BCUT2D eigenvalue weighted by Crippen LogP contribution is 2.08. The first-order valence-electron chi connectivity index (χ1n) is 3.24. The molecule has 0 fully saturated rings. The molecule has 0 rings (SSSR count). The Morgan fingerprint density at radius 1 is 1.44 bits per heavy atom. The first-order chi connectivity index (χ1) is 4.12. The van der Waals surface area contributed by atoms with E-state index in [0.717, 1.165) is 0 Å². The Bertz CT molecular complexity index is 89.6. The van der Waals surface area contributed by atoms with Gasteiger partial charge in [-0.2, -0.15) is 5.26 Å². The zero-order valence-corrected chi connectivity index (χ0v) is 6.73. The van der Waals surface area contributed by atoms with Crippen molar-refractivity contribution in [1.29, 1.82) is 5.26 Å². The molecule has 0 saturated heterocycles. The number of nitrogens with two attached hydrogens (primary N) is 1. The topological polar surface area (TPSA) is 49.8 Å². The van der Waals surface area contributed by atoms with E-state index in [9.17, 15) is 0 Å². The van der Waals surface area contributed by atoms with E-state index < -0.39 is 0 Å². The summed E-state index contributed by atoms with van der Waals surface area (Å²) >= 11 is 0. The third kappa shape index (κ3) is 7.45. The summed E-state index contributed by atoms with van der Waals surface area (Å²) in [6.07, 6.45) is 0. The van der Waals surface area contributed by atoms with Crippen molar-refractivity contribution in [3.8, 4) is 6.07 Å². The molecule has 0 aromatic rings. The maximum absolute atomic E-state index is 8.26. The molecule has 2 heteroatoms. The van der Waals surface area contributed by atoms with Crippen LogP contribution in [0.2, 0.25) is 0 Å². The maximum Gasteiger partial charge on any atom is 0.0697 e. The molecular weight excluding hydrogens is 112 g/mol. The monoisotopic (exact) mass is 128 g/mol. The number of rotatable bonds is 1. The Labute approximate surface area is 57.7 Å². The summed E-state index contributed by atoms with van der Waals surface area (Å²) < 4.78 is 0. The molecule has 0 heterocycles. The van der Waals surface area contributed by atoms with Gasteiger partial charge in [-0.25, -0.2) is 0 Å². The average Bonchev–Trinajstić information content (AvgIpc) is 1.93. The van der Waals surface area contributed by atoms with Crippen LogP contribution in [0.3, 0.4) is 0 Å². The Morgan fingerprint density at radius 2 is 1.78 bits per heavy atom. The molecule has 0 aromatic heterocycles. The van der Waals surface area contributed by atoms with Crippen molar-refractivity contribution in [1.82, 2.24) is 0 Å². The van der Waals surface area contributed by atoms with E-state index in [0.29, 0.717) is 6.54 Å². The predicted octanol–water partition coefficient (Wildman–Crippen LogP) is 1.52. The molecule has 54 valence electrons. The quantitative estimate of drug-likeness (QED) is 0.582. The molecule has 9 heavy (non-hydrogen) atoms. The van der Waals surface area contributed by atoms with Crippen LogP contribution in [-0.4, -0.2) is 6.54 Å². The third-order valence-corrected chi connectivity index (χ3v) is 0.813. The Hall–Kier alpha value is -0.550. The molecule has 0 atom stereocenters. The van der Waals surface area contributed by atoms with Crippen LogP contribution in [0.15, 0.2) is 0 Å². The van der Waals surface area contributed by atoms with Gasteiger partial charge in [0.25, 0.3) is 0 Å². The van der Waals surface area contributed by atoms with Crippen LogP contribution < -0.4 is 5.73 Å². The zero-order chi connectivity index (χ0) is 7.91. The zero-order valence-electron chi connectivity index (χ0n) is 6.73. The standard InChI is InChI=1S/C5H10N2.C2H6/c1-5(2,3-6)4-7;1-2/h3,6H2,1-2H3;1-2H3. The van der Waals surface area contributed by atoms with Gasteiger partial charge in [-0.05, 0) is 13.8 Å². The number of nitriles is 1. The predicted molar refractivity (Wildman–Crippen MR) is 39.8 cm³/mol. The van der Waals surface area contributed by atoms with E-state index in [1.165, 1.54) is 0 Å². The smallest absolute Gasteiger partial charge is 0.0697 e. The molecule has 2 N–H and O–H groups in total. The summed E-state index contributed by atoms with van der Waals surface area (Å²) in [5.74, 6) is 0. The minimum Gasteiger partial charge on any atom is -0.329 e. The van der Waals surface area contributed by atoms with Gasteiger partial charge < -0.3 is 5.73 Å². The van der Waals surface area contributed by atoms with E-state index in [1.54, 1.807) is 0 Å². The van der Waals surface area contributed by atoms with Gasteiger partial charge in [0.05, 0.1) is 11.5 Å². The van der Waals surface area contributed by atoms with Gasteiger partial charge in [-0.15, -0.1) is 0 Å². The summed E-state index contributed by atoms with van der Waals surface area (Å²) in [5, 5.41) is 8.26. The van der Waals surface area contributed by atoms with Crippen LogP contribution in [0.25, 0.3) is 0 Å². The molecule has 0 spiro atoms. The van der Waals surface area contributed by atoms with Crippen LogP contribution in [0.1, 0.15) is 27.7 Å². The molecule has 0 radical (unpaired) electrons. The second kappa shape index (κ2) is 5.58. The van der Waals surface area contributed by atoms with Crippen molar-refractivity contribution >= 4 is 0 Å². The van der Waals surface area contributed by atoms with Gasteiger partial charge in [0.15, 0.2) is 0 Å². The van der Waals surface area contributed by atoms with E-state index in [1.807, 2.05) is 27.7 Å². The number of hydrogen-bond acceptors (Lipinski definition) is 2. The molecule has 0 saturated carbocycles. The number of hydrogen-bond donors (Lipinski definition) is 1. The van der Waals surface area contributed by atoms with Crippen molar-refractivity contribution in [2.45, 2.75) is 27.7 Å². The summed E-state index contributed by atoms with van der Waals surface area (Å²) in [7, 11) is 0. The molecule has 0 aromatic carbocycles. The first kappa shape index (κ1) is 11.3. The highest BCUT2D eigenvalue weighted by molar-refractivity contribution is 4.91. The highest BCUT2D eigenvalue weighted by atomic mass is 14.6. The Kier molecular flexibility index (Phi) is 6.99. The molecule has 0 bridgehead atoms. The average molecular weight is 128 g/mol. The summed E-state index contributed by atoms with van der Waals surface area (Å²) in [6.45, 7) is 8.06. The minimum absolute atomic E-state index is 0.333. The fourth-order valence-electron chi connectivity index (χ4n) is 0.0456. The van der Waals surface area contributed by atoms with Crippen molar-refractivity contribution in [2.75, 3.05) is 6.54 Å². The lowest BCUT2D eigenvalue weighted by Crippen LogP contribution is -2.20. The van der Waals surface area contributed by atoms with E-state index >= 15 is 0 Å². The SMILES string of the molecule is CC.CC(C)(C#N)CN. The molecule has 0 aliphatic heterocycles. The molecule has 0 aliphatic carbocycles. The fraction of sp³-hybridized carbons (Fsp3) is 0.857. The van der Waals surface area contributed by atoms with Crippen LogP contribution in [0.4, 0.5) is 0 Å². The van der Waals surface area contributed by atoms with Crippen LogP contribution in [-0.2, 0) is 0 Å². The lowest BCUT2D eigenvalue weighted by atomic mass is 9.97. The molecule has 0 aliphatic rings. The van der Waals surface area contributed by atoms with Gasteiger partial charge in [-0.3, -0.25) is 0 Å². The molecule has 0 unspecified atom stereocenters. The lowest BCUT2D eigenvalue weighted by molar-refractivity contribution is 0.511. The Morgan fingerprint density at radius 3 is 1.78 bits per heavy atom. The molecule has 0 amide bonds. The van der Waals surface area contributed by atoms with Crippen LogP contribution in [0, 0.1) is 16.7 Å². The van der Waals surface area contributed by atoms with Gasteiger partial charge in [0, 0.05) is 6.54 Å². The number of nitrogens with zero attached hydrogens (tertiary/aromatic N) is 1. The van der Waals surface area contributed by atoms with E-state index in [4.69, 9.17) is 11.0 Å².